The number of benzene rings is 1. The van der Waals surface area contributed by atoms with Gasteiger partial charge in [-0.05, 0) is 55.4 Å². The second kappa shape index (κ2) is 6.55. The lowest BCUT2D eigenvalue weighted by molar-refractivity contribution is -0.159. The van der Waals surface area contributed by atoms with Crippen LogP contribution in [0.1, 0.15) is 37.4 Å². The Bertz CT molecular complexity index is 477. The molecule has 2 unspecified atom stereocenters. The molecule has 5 heteroatoms. The average molecular weight is 376 g/mol. The maximum atomic E-state index is 10.7. The van der Waals surface area contributed by atoms with E-state index in [4.69, 9.17) is 21.1 Å². The lowest BCUT2D eigenvalue weighted by Crippen LogP contribution is -2.45. The number of hydrogen-bond acceptors (Lipinski definition) is 3. The van der Waals surface area contributed by atoms with E-state index < -0.39 is 6.10 Å². The van der Waals surface area contributed by atoms with Crippen LogP contribution in [0.15, 0.2) is 22.7 Å². The molecular formula is C16H20BrClO3. The van der Waals surface area contributed by atoms with Gasteiger partial charge in [-0.3, -0.25) is 0 Å². The first-order valence-electron chi connectivity index (χ1n) is 7.44. The summed E-state index contributed by atoms with van der Waals surface area (Å²) in [5, 5.41) is 11.4. The molecule has 3 nitrogen and oxygen atoms in total. The van der Waals surface area contributed by atoms with Crippen molar-refractivity contribution in [1.29, 1.82) is 0 Å². The van der Waals surface area contributed by atoms with E-state index in [0.717, 1.165) is 48.9 Å². The van der Waals surface area contributed by atoms with E-state index in [-0.39, 0.29) is 11.5 Å². The van der Waals surface area contributed by atoms with Crippen molar-refractivity contribution in [2.24, 2.45) is 5.92 Å². The number of aliphatic hydroxyl groups is 1. The smallest absolute Gasteiger partial charge is 0.0821 e. The van der Waals surface area contributed by atoms with E-state index >= 15 is 0 Å². The molecule has 2 aliphatic heterocycles. The Morgan fingerprint density at radius 1 is 1.24 bits per heavy atom. The van der Waals surface area contributed by atoms with Crippen LogP contribution in [0.5, 0.6) is 0 Å². The van der Waals surface area contributed by atoms with E-state index in [2.05, 4.69) is 15.9 Å². The molecule has 2 heterocycles. The Labute approximate surface area is 138 Å². The standard InChI is InChI=1S/C16H20BrClO3/c17-13-7-12(8-14(18)9-13)15(19)11-1-4-21-16(10-11)2-5-20-6-3-16/h7-9,11,15,19H,1-6,10H2. The third-order valence-electron chi connectivity index (χ3n) is 4.61. The summed E-state index contributed by atoms with van der Waals surface area (Å²) >= 11 is 9.53. The summed E-state index contributed by atoms with van der Waals surface area (Å²) in [4.78, 5) is 0. The first kappa shape index (κ1) is 15.8. The van der Waals surface area contributed by atoms with Crippen LogP contribution in [0, 0.1) is 5.92 Å². The Kier molecular flexibility index (Phi) is 4.91. The molecule has 3 rings (SSSR count). The van der Waals surface area contributed by atoms with E-state index in [1.54, 1.807) is 0 Å². The highest BCUT2D eigenvalue weighted by molar-refractivity contribution is 9.10. The van der Waals surface area contributed by atoms with Gasteiger partial charge in [0, 0.05) is 29.3 Å². The molecule has 0 saturated carbocycles. The summed E-state index contributed by atoms with van der Waals surface area (Å²) in [5.41, 5.74) is 0.779. The third kappa shape index (κ3) is 3.62. The van der Waals surface area contributed by atoms with Crippen molar-refractivity contribution in [3.05, 3.63) is 33.3 Å². The summed E-state index contributed by atoms with van der Waals surface area (Å²) in [6, 6.07) is 5.63. The molecule has 116 valence electrons. The molecule has 21 heavy (non-hydrogen) atoms. The molecule has 1 aromatic rings. The summed E-state index contributed by atoms with van der Waals surface area (Å²) in [6.45, 7) is 2.22. The quantitative estimate of drug-likeness (QED) is 0.845. The lowest BCUT2D eigenvalue weighted by atomic mass is 9.77. The van der Waals surface area contributed by atoms with Gasteiger partial charge in [-0.1, -0.05) is 27.5 Å². The molecule has 2 atom stereocenters. The summed E-state index contributed by atoms with van der Waals surface area (Å²) in [7, 11) is 0. The van der Waals surface area contributed by atoms with Crippen molar-refractivity contribution < 1.29 is 14.6 Å². The molecule has 1 N–H and O–H groups in total. The van der Waals surface area contributed by atoms with Crippen molar-refractivity contribution in [3.63, 3.8) is 0 Å². The zero-order valence-corrected chi connectivity index (χ0v) is 14.2. The van der Waals surface area contributed by atoms with Gasteiger partial charge in [0.05, 0.1) is 11.7 Å². The summed E-state index contributed by atoms with van der Waals surface area (Å²) in [6.07, 6.45) is 3.13. The topological polar surface area (TPSA) is 38.7 Å². The molecule has 1 aromatic carbocycles. The van der Waals surface area contributed by atoms with Crippen LogP contribution in [-0.2, 0) is 9.47 Å². The Morgan fingerprint density at radius 3 is 2.71 bits per heavy atom. The van der Waals surface area contributed by atoms with E-state index in [1.165, 1.54) is 0 Å². The molecule has 2 fully saturated rings. The van der Waals surface area contributed by atoms with Gasteiger partial charge in [0.15, 0.2) is 0 Å². The fourth-order valence-electron chi connectivity index (χ4n) is 3.45. The fourth-order valence-corrected chi connectivity index (χ4v) is 4.33. The number of hydrogen-bond donors (Lipinski definition) is 1. The molecule has 0 radical (unpaired) electrons. The molecule has 1 spiro atoms. The highest BCUT2D eigenvalue weighted by Crippen LogP contribution is 2.42. The number of ether oxygens (including phenoxy) is 2. The predicted octanol–water partition coefficient (Wildman–Crippen LogP) is 4.11. The van der Waals surface area contributed by atoms with E-state index in [1.807, 2.05) is 18.2 Å². The maximum Gasteiger partial charge on any atom is 0.0821 e. The first-order chi connectivity index (χ1) is 10.1. The molecule has 2 aliphatic rings. The second-order valence-electron chi connectivity index (χ2n) is 6.04. The van der Waals surface area contributed by atoms with Crippen LogP contribution < -0.4 is 0 Å². The van der Waals surface area contributed by atoms with Crippen LogP contribution in [-0.4, -0.2) is 30.5 Å². The number of halogens is 2. The van der Waals surface area contributed by atoms with Crippen LogP contribution in [0.25, 0.3) is 0 Å². The third-order valence-corrected chi connectivity index (χ3v) is 5.28. The molecule has 0 aromatic heterocycles. The van der Waals surface area contributed by atoms with Gasteiger partial charge >= 0.3 is 0 Å². The minimum Gasteiger partial charge on any atom is -0.388 e. The zero-order chi connectivity index (χ0) is 14.9. The Morgan fingerprint density at radius 2 is 2.00 bits per heavy atom. The number of aliphatic hydroxyl groups excluding tert-OH is 1. The summed E-state index contributed by atoms with van der Waals surface area (Å²) < 4.78 is 12.4. The van der Waals surface area contributed by atoms with Crippen LogP contribution in [0.2, 0.25) is 5.02 Å². The average Bonchev–Trinajstić information content (AvgIpc) is 2.46. The Balaban J connectivity index is 1.76. The van der Waals surface area contributed by atoms with Crippen LogP contribution >= 0.6 is 27.5 Å². The minimum atomic E-state index is -0.497. The number of rotatable bonds is 2. The van der Waals surface area contributed by atoms with Crippen molar-refractivity contribution >= 4 is 27.5 Å². The van der Waals surface area contributed by atoms with E-state index in [9.17, 15) is 5.11 Å². The van der Waals surface area contributed by atoms with Crippen molar-refractivity contribution in [3.8, 4) is 0 Å². The molecular weight excluding hydrogens is 356 g/mol. The molecule has 2 saturated heterocycles. The zero-order valence-electron chi connectivity index (χ0n) is 11.9. The molecule has 0 bridgehead atoms. The fraction of sp³-hybridized carbons (Fsp3) is 0.625. The van der Waals surface area contributed by atoms with Crippen molar-refractivity contribution in [2.75, 3.05) is 19.8 Å². The van der Waals surface area contributed by atoms with Gasteiger partial charge in [0.1, 0.15) is 0 Å². The predicted molar refractivity (Wildman–Crippen MR) is 85.6 cm³/mol. The maximum absolute atomic E-state index is 10.7. The van der Waals surface area contributed by atoms with Gasteiger partial charge in [-0.2, -0.15) is 0 Å². The normalized spacial score (nSPS) is 26.7. The Hall–Kier alpha value is -0.130. The van der Waals surface area contributed by atoms with Crippen LogP contribution in [0.4, 0.5) is 0 Å². The van der Waals surface area contributed by atoms with Gasteiger partial charge in [-0.15, -0.1) is 0 Å². The minimum absolute atomic E-state index is 0.0993. The first-order valence-corrected chi connectivity index (χ1v) is 8.61. The monoisotopic (exact) mass is 374 g/mol. The van der Waals surface area contributed by atoms with Gasteiger partial charge in [-0.25, -0.2) is 0 Å². The van der Waals surface area contributed by atoms with Gasteiger partial charge in [0.2, 0.25) is 0 Å². The SMILES string of the molecule is OC(c1cc(Cl)cc(Br)c1)C1CCOC2(CCOCC2)C1. The van der Waals surface area contributed by atoms with Crippen molar-refractivity contribution in [1.82, 2.24) is 0 Å². The largest absolute Gasteiger partial charge is 0.388 e. The highest BCUT2D eigenvalue weighted by atomic mass is 79.9. The second-order valence-corrected chi connectivity index (χ2v) is 7.40. The van der Waals surface area contributed by atoms with E-state index in [0.29, 0.717) is 11.6 Å². The van der Waals surface area contributed by atoms with Gasteiger partial charge in [0.25, 0.3) is 0 Å². The lowest BCUT2D eigenvalue weighted by Gasteiger charge is -2.44. The highest BCUT2D eigenvalue weighted by Gasteiger charge is 2.41. The molecule has 0 aliphatic carbocycles. The molecule has 0 amide bonds. The van der Waals surface area contributed by atoms with Crippen LogP contribution in [0.3, 0.4) is 0 Å². The van der Waals surface area contributed by atoms with Gasteiger partial charge < -0.3 is 14.6 Å². The van der Waals surface area contributed by atoms with Crippen molar-refractivity contribution in [2.45, 2.75) is 37.4 Å². The summed E-state index contributed by atoms with van der Waals surface area (Å²) in [5.74, 6) is 0.210.